The molecule has 120 valence electrons. The van der Waals surface area contributed by atoms with Crippen molar-refractivity contribution in [2.24, 2.45) is 5.92 Å². The summed E-state index contributed by atoms with van der Waals surface area (Å²) in [5.41, 5.74) is 1.20. The summed E-state index contributed by atoms with van der Waals surface area (Å²) in [6, 6.07) is 2.02. The van der Waals surface area contributed by atoms with Crippen LogP contribution in [0.2, 0.25) is 0 Å². The summed E-state index contributed by atoms with van der Waals surface area (Å²) in [5.74, 6) is 0.734. The van der Waals surface area contributed by atoms with Gasteiger partial charge in [0, 0.05) is 12.5 Å². The van der Waals surface area contributed by atoms with Crippen molar-refractivity contribution in [2.75, 3.05) is 13.1 Å². The van der Waals surface area contributed by atoms with E-state index in [1.807, 2.05) is 13.0 Å². The van der Waals surface area contributed by atoms with Crippen molar-refractivity contribution in [3.63, 3.8) is 0 Å². The van der Waals surface area contributed by atoms with Crippen LogP contribution in [0.25, 0.3) is 0 Å². The summed E-state index contributed by atoms with van der Waals surface area (Å²) in [7, 11) is 0. The zero-order chi connectivity index (χ0) is 16.3. The van der Waals surface area contributed by atoms with Crippen LogP contribution in [-0.4, -0.2) is 22.8 Å². The summed E-state index contributed by atoms with van der Waals surface area (Å²) in [6.07, 6.45) is 3.19. The minimum atomic E-state index is -0.370. The Morgan fingerprint density at radius 2 is 2.23 bits per heavy atom. The van der Waals surface area contributed by atoms with Crippen LogP contribution in [0.4, 0.5) is 0 Å². The van der Waals surface area contributed by atoms with Gasteiger partial charge in [-0.15, -0.1) is 0 Å². The van der Waals surface area contributed by atoms with Gasteiger partial charge in [-0.2, -0.15) is 5.26 Å². The van der Waals surface area contributed by atoms with E-state index in [4.69, 9.17) is 0 Å². The molecule has 22 heavy (non-hydrogen) atoms. The topological polar surface area (TPSA) is 70.5 Å². The van der Waals surface area contributed by atoms with Gasteiger partial charge in [-0.3, -0.25) is 9.36 Å². The molecular formula is C17H26N3O2+. The molecular weight excluding hydrogens is 278 g/mol. The van der Waals surface area contributed by atoms with E-state index in [0.717, 1.165) is 25.1 Å². The molecule has 5 heteroatoms. The zero-order valence-electron chi connectivity index (χ0n) is 13.8. The normalized spacial score (nSPS) is 21.5. The van der Waals surface area contributed by atoms with Crippen LogP contribution < -0.4 is 10.5 Å². The second-order valence-corrected chi connectivity index (χ2v) is 6.50. The molecule has 1 unspecified atom stereocenters. The van der Waals surface area contributed by atoms with E-state index in [9.17, 15) is 15.2 Å². The lowest BCUT2D eigenvalue weighted by atomic mass is 9.98. The van der Waals surface area contributed by atoms with Crippen molar-refractivity contribution in [2.45, 2.75) is 53.1 Å². The Kier molecular flexibility index (Phi) is 5.25. The van der Waals surface area contributed by atoms with Gasteiger partial charge < -0.3 is 10.0 Å². The highest BCUT2D eigenvalue weighted by Crippen LogP contribution is 2.21. The SMILES string of the molecule is CCCn1c(O)c(C[NH+]2CCC[C@H](C)C2)c(C)c(C#N)c1=O. The molecule has 0 aromatic carbocycles. The maximum atomic E-state index is 12.3. The highest BCUT2D eigenvalue weighted by Gasteiger charge is 2.25. The van der Waals surface area contributed by atoms with Crippen molar-refractivity contribution < 1.29 is 10.0 Å². The third kappa shape index (κ3) is 3.17. The van der Waals surface area contributed by atoms with E-state index in [2.05, 4.69) is 6.92 Å². The Balaban J connectivity index is 2.44. The lowest BCUT2D eigenvalue weighted by Crippen LogP contribution is -3.12. The molecule has 1 fully saturated rings. The van der Waals surface area contributed by atoms with Crippen LogP contribution in [0, 0.1) is 24.2 Å². The van der Waals surface area contributed by atoms with Crippen LogP contribution in [0.3, 0.4) is 0 Å². The summed E-state index contributed by atoms with van der Waals surface area (Å²) in [6.45, 7) is 9.27. The zero-order valence-corrected chi connectivity index (χ0v) is 13.8. The minimum absolute atomic E-state index is 0.0501. The van der Waals surface area contributed by atoms with Crippen LogP contribution in [0.1, 0.15) is 49.8 Å². The lowest BCUT2D eigenvalue weighted by molar-refractivity contribution is -0.922. The second-order valence-electron chi connectivity index (χ2n) is 6.50. The molecule has 2 heterocycles. The standard InChI is InChI=1S/C17H25N3O2/c1-4-7-20-16(21)14(9-18)13(3)15(17(20)22)11-19-8-5-6-12(2)10-19/h12,22H,4-8,10-11H2,1-3H3/p+1/t12-/m0/s1. The summed E-state index contributed by atoms with van der Waals surface area (Å²) in [4.78, 5) is 13.7. The fraction of sp³-hybridized carbons (Fsp3) is 0.647. The van der Waals surface area contributed by atoms with Gasteiger partial charge in [0.05, 0.1) is 18.7 Å². The monoisotopic (exact) mass is 304 g/mol. The third-order valence-electron chi connectivity index (χ3n) is 4.66. The van der Waals surface area contributed by atoms with E-state index >= 15 is 0 Å². The number of pyridine rings is 1. The lowest BCUT2D eigenvalue weighted by Gasteiger charge is -2.29. The van der Waals surface area contributed by atoms with Gasteiger partial charge in [0.25, 0.3) is 5.56 Å². The molecule has 0 saturated carbocycles. The minimum Gasteiger partial charge on any atom is -0.494 e. The number of hydrogen-bond donors (Lipinski definition) is 2. The first kappa shape index (κ1) is 16.6. The molecule has 1 aliphatic heterocycles. The van der Waals surface area contributed by atoms with Gasteiger partial charge in [-0.1, -0.05) is 13.8 Å². The number of nitriles is 1. The Morgan fingerprint density at radius 1 is 1.50 bits per heavy atom. The maximum absolute atomic E-state index is 12.3. The molecule has 0 radical (unpaired) electrons. The molecule has 1 saturated heterocycles. The molecule has 0 aliphatic carbocycles. The van der Waals surface area contributed by atoms with E-state index < -0.39 is 0 Å². The number of likely N-dealkylation sites (tertiary alicyclic amines) is 1. The number of piperidine rings is 1. The van der Waals surface area contributed by atoms with Gasteiger partial charge in [-0.05, 0) is 31.7 Å². The summed E-state index contributed by atoms with van der Waals surface area (Å²) in [5, 5.41) is 19.8. The molecule has 2 rings (SSSR count). The first-order valence-electron chi connectivity index (χ1n) is 8.18. The number of hydrogen-bond acceptors (Lipinski definition) is 3. The Hall–Kier alpha value is -1.80. The maximum Gasteiger partial charge on any atom is 0.271 e. The van der Waals surface area contributed by atoms with Crippen molar-refractivity contribution in [1.82, 2.24) is 4.57 Å². The van der Waals surface area contributed by atoms with E-state index in [-0.39, 0.29) is 17.0 Å². The summed E-state index contributed by atoms with van der Waals surface area (Å²) >= 11 is 0. The predicted molar refractivity (Wildman–Crippen MR) is 84.9 cm³/mol. The van der Waals surface area contributed by atoms with Crippen LogP contribution in [0.15, 0.2) is 4.79 Å². The number of aromatic nitrogens is 1. The highest BCUT2D eigenvalue weighted by molar-refractivity contribution is 5.44. The van der Waals surface area contributed by atoms with Gasteiger partial charge >= 0.3 is 0 Å². The predicted octanol–water partition coefficient (Wildman–Crippen LogP) is 0.959. The van der Waals surface area contributed by atoms with Crippen molar-refractivity contribution in [3.8, 4) is 11.9 Å². The number of nitrogens with zero attached hydrogens (tertiary/aromatic N) is 2. The molecule has 0 spiro atoms. The molecule has 1 aromatic heterocycles. The summed E-state index contributed by atoms with van der Waals surface area (Å²) < 4.78 is 1.35. The Labute approximate surface area is 131 Å². The van der Waals surface area contributed by atoms with Gasteiger partial charge in [0.1, 0.15) is 18.2 Å². The molecule has 1 aliphatic rings. The van der Waals surface area contributed by atoms with Crippen LogP contribution in [0.5, 0.6) is 5.88 Å². The third-order valence-corrected chi connectivity index (χ3v) is 4.66. The number of aromatic hydroxyl groups is 1. The second kappa shape index (κ2) is 6.97. The van der Waals surface area contributed by atoms with E-state index in [0.29, 0.717) is 24.6 Å². The fourth-order valence-corrected chi connectivity index (χ4v) is 3.46. The number of nitrogens with one attached hydrogen (secondary N) is 1. The first-order valence-corrected chi connectivity index (χ1v) is 8.18. The van der Waals surface area contributed by atoms with Gasteiger partial charge in [0.15, 0.2) is 0 Å². The van der Waals surface area contributed by atoms with Crippen molar-refractivity contribution in [3.05, 3.63) is 27.0 Å². The molecule has 0 amide bonds. The highest BCUT2D eigenvalue weighted by atomic mass is 16.3. The molecule has 5 nitrogen and oxygen atoms in total. The Bertz CT molecular complexity index is 643. The molecule has 2 atom stereocenters. The van der Waals surface area contributed by atoms with Crippen molar-refractivity contribution >= 4 is 0 Å². The van der Waals surface area contributed by atoms with Crippen molar-refractivity contribution in [1.29, 1.82) is 5.26 Å². The molecule has 1 aromatic rings. The average molecular weight is 304 g/mol. The average Bonchev–Trinajstić information content (AvgIpc) is 2.49. The molecule has 2 N–H and O–H groups in total. The van der Waals surface area contributed by atoms with Gasteiger partial charge in [0.2, 0.25) is 5.88 Å². The Morgan fingerprint density at radius 3 is 2.82 bits per heavy atom. The number of quaternary nitrogens is 1. The smallest absolute Gasteiger partial charge is 0.271 e. The van der Waals surface area contributed by atoms with Crippen LogP contribution >= 0.6 is 0 Å². The largest absolute Gasteiger partial charge is 0.494 e. The van der Waals surface area contributed by atoms with Gasteiger partial charge in [-0.25, -0.2) is 0 Å². The molecule has 0 bridgehead atoms. The quantitative estimate of drug-likeness (QED) is 0.870. The first-order chi connectivity index (χ1) is 10.5. The fourth-order valence-electron chi connectivity index (χ4n) is 3.46. The number of rotatable bonds is 4. The van der Waals surface area contributed by atoms with E-state index in [1.54, 1.807) is 6.92 Å². The van der Waals surface area contributed by atoms with E-state index in [1.165, 1.54) is 22.3 Å². The van der Waals surface area contributed by atoms with Crippen LogP contribution in [-0.2, 0) is 13.1 Å².